The fraction of sp³-hybridized carbons (Fsp3) is 0.647. The molecule has 0 radical (unpaired) electrons. The highest BCUT2D eigenvalue weighted by molar-refractivity contribution is 7.99. The summed E-state index contributed by atoms with van der Waals surface area (Å²) in [6.45, 7) is 6.93. The van der Waals surface area contributed by atoms with Crippen LogP contribution >= 0.6 is 11.8 Å². The molecule has 2 rings (SSSR count). The molecule has 1 aromatic heterocycles. The van der Waals surface area contributed by atoms with E-state index in [4.69, 9.17) is 9.47 Å². The van der Waals surface area contributed by atoms with Gasteiger partial charge in [0.25, 0.3) is 5.91 Å². The Bertz CT molecular complexity index is 490. The Labute approximate surface area is 142 Å². The number of ether oxygens (including phenoxy) is 2. The lowest BCUT2D eigenvalue weighted by Gasteiger charge is -2.11. The summed E-state index contributed by atoms with van der Waals surface area (Å²) in [5.41, 5.74) is 0.645. The first-order valence-corrected chi connectivity index (χ1v) is 9.14. The molecule has 128 valence electrons. The van der Waals surface area contributed by atoms with Crippen molar-refractivity contribution in [2.24, 2.45) is 0 Å². The molecular formula is C17H26N2O3S. The molecule has 5 nitrogen and oxygen atoms in total. The Hall–Kier alpha value is -1.11. The van der Waals surface area contributed by atoms with Crippen molar-refractivity contribution in [3.63, 3.8) is 0 Å². The highest BCUT2D eigenvalue weighted by atomic mass is 32.2. The molecule has 1 aliphatic heterocycles. The Morgan fingerprint density at radius 1 is 1.57 bits per heavy atom. The van der Waals surface area contributed by atoms with Crippen LogP contribution in [0.3, 0.4) is 0 Å². The molecule has 23 heavy (non-hydrogen) atoms. The van der Waals surface area contributed by atoms with E-state index in [2.05, 4.69) is 24.1 Å². The van der Waals surface area contributed by atoms with Gasteiger partial charge in [-0.15, -0.1) is 11.8 Å². The van der Waals surface area contributed by atoms with E-state index in [9.17, 15) is 4.79 Å². The van der Waals surface area contributed by atoms with E-state index in [0.717, 1.165) is 30.9 Å². The van der Waals surface area contributed by atoms with Crippen molar-refractivity contribution in [2.75, 3.05) is 26.4 Å². The van der Waals surface area contributed by atoms with Gasteiger partial charge in [0.2, 0.25) is 0 Å². The van der Waals surface area contributed by atoms with Gasteiger partial charge in [0.1, 0.15) is 5.03 Å². The molecule has 0 aliphatic carbocycles. The summed E-state index contributed by atoms with van der Waals surface area (Å²) in [7, 11) is 0. The molecule has 0 saturated carbocycles. The van der Waals surface area contributed by atoms with Crippen molar-refractivity contribution in [2.45, 2.75) is 49.5 Å². The number of pyridine rings is 1. The lowest BCUT2D eigenvalue weighted by Crippen LogP contribution is -2.26. The maximum atomic E-state index is 12.3. The maximum Gasteiger partial charge on any atom is 0.254 e. The molecule has 1 saturated heterocycles. The number of hydrogen-bond acceptors (Lipinski definition) is 5. The fourth-order valence-electron chi connectivity index (χ4n) is 2.34. The molecular weight excluding hydrogens is 312 g/mol. The van der Waals surface area contributed by atoms with Crippen molar-refractivity contribution >= 4 is 17.7 Å². The first kappa shape index (κ1) is 18.2. The number of nitrogens with zero attached hydrogens (tertiary/aromatic N) is 1. The molecule has 2 heterocycles. The Kier molecular flexibility index (Phi) is 7.85. The average molecular weight is 338 g/mol. The van der Waals surface area contributed by atoms with Crippen LogP contribution in [0.15, 0.2) is 23.4 Å². The minimum atomic E-state index is -0.0691. The second kappa shape index (κ2) is 9.90. The van der Waals surface area contributed by atoms with Crippen LogP contribution in [0, 0.1) is 0 Å². The van der Waals surface area contributed by atoms with E-state index >= 15 is 0 Å². The fourth-order valence-corrected chi connectivity index (χ4v) is 3.20. The first-order valence-electron chi connectivity index (χ1n) is 8.26. The predicted octanol–water partition coefficient (Wildman–Crippen LogP) is 2.90. The average Bonchev–Trinajstić information content (AvgIpc) is 3.04. The molecule has 0 aromatic carbocycles. The van der Waals surface area contributed by atoms with Crippen LogP contribution < -0.4 is 5.32 Å². The van der Waals surface area contributed by atoms with Gasteiger partial charge in [-0.3, -0.25) is 4.79 Å². The Morgan fingerprint density at radius 3 is 3.17 bits per heavy atom. The van der Waals surface area contributed by atoms with Crippen LogP contribution in [0.1, 0.15) is 43.5 Å². The molecule has 1 unspecified atom stereocenters. The monoisotopic (exact) mass is 338 g/mol. The Morgan fingerprint density at radius 2 is 2.43 bits per heavy atom. The third-order valence-corrected chi connectivity index (χ3v) is 4.46. The number of aromatic nitrogens is 1. The normalized spacial score (nSPS) is 17.6. The highest BCUT2D eigenvalue weighted by Crippen LogP contribution is 2.24. The molecule has 1 N–H and O–H groups in total. The third kappa shape index (κ3) is 6.49. The van der Waals surface area contributed by atoms with Crippen LogP contribution in [-0.4, -0.2) is 48.6 Å². The zero-order valence-electron chi connectivity index (χ0n) is 13.9. The van der Waals surface area contributed by atoms with Crippen LogP contribution in [-0.2, 0) is 9.47 Å². The zero-order valence-corrected chi connectivity index (χ0v) is 14.7. The smallest absolute Gasteiger partial charge is 0.254 e. The van der Waals surface area contributed by atoms with Gasteiger partial charge >= 0.3 is 0 Å². The molecule has 1 aromatic rings. The van der Waals surface area contributed by atoms with Crippen LogP contribution in [0.5, 0.6) is 0 Å². The van der Waals surface area contributed by atoms with Gasteiger partial charge in [-0.1, -0.05) is 13.8 Å². The summed E-state index contributed by atoms with van der Waals surface area (Å²) in [5.74, 6) is -0.0691. The third-order valence-electron chi connectivity index (χ3n) is 3.44. The summed E-state index contributed by atoms with van der Waals surface area (Å²) in [6, 6.07) is 3.62. The van der Waals surface area contributed by atoms with Crippen molar-refractivity contribution in [3.05, 3.63) is 23.9 Å². The summed E-state index contributed by atoms with van der Waals surface area (Å²) >= 11 is 1.60. The van der Waals surface area contributed by atoms with Crippen molar-refractivity contribution in [1.82, 2.24) is 10.3 Å². The van der Waals surface area contributed by atoms with Gasteiger partial charge in [0, 0.05) is 31.2 Å². The molecule has 1 fully saturated rings. The summed E-state index contributed by atoms with van der Waals surface area (Å²) in [5, 5.41) is 4.12. The van der Waals surface area contributed by atoms with Gasteiger partial charge in [-0.25, -0.2) is 4.98 Å². The standard InChI is InChI=1S/C17H26N2O3S/c1-13(2)23-17-15(7-3-8-19-17)16(20)18-9-5-10-21-12-14-6-4-11-22-14/h3,7-8,13-14H,4-6,9-12H2,1-2H3,(H,18,20). The summed E-state index contributed by atoms with van der Waals surface area (Å²) < 4.78 is 11.1. The predicted molar refractivity (Wildman–Crippen MR) is 92.0 cm³/mol. The van der Waals surface area contributed by atoms with Gasteiger partial charge < -0.3 is 14.8 Å². The summed E-state index contributed by atoms with van der Waals surface area (Å²) in [6.07, 6.45) is 5.00. The zero-order chi connectivity index (χ0) is 16.5. The molecule has 1 aliphatic rings. The van der Waals surface area contributed by atoms with Crippen molar-refractivity contribution in [1.29, 1.82) is 0 Å². The SMILES string of the molecule is CC(C)Sc1ncccc1C(=O)NCCCOCC1CCCO1. The highest BCUT2D eigenvalue weighted by Gasteiger charge is 2.15. The number of carbonyl (C=O) groups is 1. The van der Waals surface area contributed by atoms with Crippen LogP contribution in [0.25, 0.3) is 0 Å². The van der Waals surface area contributed by atoms with Gasteiger partial charge in [-0.05, 0) is 31.4 Å². The molecule has 0 bridgehead atoms. The van der Waals surface area contributed by atoms with E-state index in [0.29, 0.717) is 30.6 Å². The maximum absolute atomic E-state index is 12.3. The molecule has 1 amide bonds. The lowest BCUT2D eigenvalue weighted by atomic mass is 10.2. The Balaban J connectivity index is 1.66. The second-order valence-electron chi connectivity index (χ2n) is 5.84. The lowest BCUT2D eigenvalue weighted by molar-refractivity contribution is 0.0166. The van der Waals surface area contributed by atoms with E-state index in [1.165, 1.54) is 0 Å². The van der Waals surface area contributed by atoms with Gasteiger partial charge in [0.15, 0.2) is 0 Å². The number of hydrogen-bond donors (Lipinski definition) is 1. The minimum absolute atomic E-state index is 0.0691. The van der Waals surface area contributed by atoms with E-state index < -0.39 is 0 Å². The van der Waals surface area contributed by atoms with Gasteiger partial charge in [0.05, 0.1) is 18.3 Å². The van der Waals surface area contributed by atoms with Crippen molar-refractivity contribution in [3.8, 4) is 0 Å². The number of nitrogens with one attached hydrogen (secondary N) is 1. The number of amides is 1. The van der Waals surface area contributed by atoms with E-state index in [-0.39, 0.29) is 12.0 Å². The molecule has 1 atom stereocenters. The molecule has 0 spiro atoms. The number of rotatable bonds is 9. The van der Waals surface area contributed by atoms with E-state index in [1.54, 1.807) is 24.0 Å². The quantitative estimate of drug-likeness (QED) is 0.554. The van der Waals surface area contributed by atoms with E-state index in [1.807, 2.05) is 6.07 Å². The second-order valence-corrected chi connectivity index (χ2v) is 7.41. The first-order chi connectivity index (χ1) is 11.2. The van der Waals surface area contributed by atoms with Crippen molar-refractivity contribution < 1.29 is 14.3 Å². The largest absolute Gasteiger partial charge is 0.379 e. The van der Waals surface area contributed by atoms with Crippen LogP contribution in [0.4, 0.5) is 0 Å². The number of carbonyl (C=O) groups excluding carboxylic acids is 1. The number of thioether (sulfide) groups is 1. The van der Waals surface area contributed by atoms with Gasteiger partial charge in [-0.2, -0.15) is 0 Å². The van der Waals surface area contributed by atoms with Crippen LogP contribution in [0.2, 0.25) is 0 Å². The molecule has 6 heteroatoms. The topological polar surface area (TPSA) is 60.5 Å². The minimum Gasteiger partial charge on any atom is -0.379 e. The summed E-state index contributed by atoms with van der Waals surface area (Å²) in [4.78, 5) is 16.6.